The molecule has 0 saturated heterocycles. The van der Waals surface area contributed by atoms with Crippen LogP contribution in [0.25, 0.3) is 10.1 Å². The molecule has 0 saturated carbocycles. The Balaban J connectivity index is 1.45. The monoisotopic (exact) mass is 396 g/mol. The number of aryl methyl sites for hydroxylation is 1. The van der Waals surface area contributed by atoms with Crippen molar-refractivity contribution in [1.29, 1.82) is 0 Å². The zero-order chi connectivity index (χ0) is 20.1. The predicted molar refractivity (Wildman–Crippen MR) is 110 cm³/mol. The molecule has 2 aromatic carbocycles. The highest BCUT2D eigenvalue weighted by atomic mass is 32.1. The number of nitrogens with one attached hydrogen (secondary N) is 2. The summed E-state index contributed by atoms with van der Waals surface area (Å²) in [6.07, 6.45) is 0. The van der Waals surface area contributed by atoms with Crippen LogP contribution < -0.4 is 10.6 Å². The molecular formula is C21H20N2O4S. The standard InChI is InChI=1S/C21H20N2O4S/c1-13-6-5-8-16(14(13)2)23-19(24)11-22-20(25)12-27-21(26)18-10-15-7-3-4-9-17(15)28-18/h3-10H,11-12H2,1-2H3,(H,22,25)(H,23,24). The number of amides is 2. The van der Waals surface area contributed by atoms with Crippen molar-refractivity contribution in [3.8, 4) is 0 Å². The molecule has 144 valence electrons. The van der Waals surface area contributed by atoms with Crippen LogP contribution in [0.3, 0.4) is 0 Å². The molecule has 2 N–H and O–H groups in total. The fourth-order valence-corrected chi connectivity index (χ4v) is 3.55. The summed E-state index contributed by atoms with van der Waals surface area (Å²) in [4.78, 5) is 36.4. The minimum Gasteiger partial charge on any atom is -0.451 e. The maximum atomic E-state index is 12.1. The van der Waals surface area contributed by atoms with Gasteiger partial charge in [0.2, 0.25) is 5.91 Å². The molecular weight excluding hydrogens is 376 g/mol. The number of carbonyl (C=O) groups excluding carboxylic acids is 3. The summed E-state index contributed by atoms with van der Waals surface area (Å²) in [5, 5.41) is 6.15. The van der Waals surface area contributed by atoms with Gasteiger partial charge in [0.25, 0.3) is 5.91 Å². The highest BCUT2D eigenvalue weighted by molar-refractivity contribution is 7.20. The van der Waals surface area contributed by atoms with Crippen LogP contribution in [0.15, 0.2) is 48.5 Å². The van der Waals surface area contributed by atoms with Crippen LogP contribution in [0.1, 0.15) is 20.8 Å². The van der Waals surface area contributed by atoms with Crippen LogP contribution in [-0.2, 0) is 14.3 Å². The average Bonchev–Trinajstić information content (AvgIpc) is 3.12. The van der Waals surface area contributed by atoms with Crippen LogP contribution in [0.2, 0.25) is 0 Å². The van der Waals surface area contributed by atoms with Crippen molar-refractivity contribution < 1.29 is 19.1 Å². The van der Waals surface area contributed by atoms with Gasteiger partial charge in [0.1, 0.15) is 4.88 Å². The van der Waals surface area contributed by atoms with E-state index in [-0.39, 0.29) is 12.5 Å². The van der Waals surface area contributed by atoms with E-state index in [1.54, 1.807) is 12.1 Å². The first-order chi connectivity index (χ1) is 13.4. The zero-order valence-electron chi connectivity index (χ0n) is 15.6. The summed E-state index contributed by atoms with van der Waals surface area (Å²) in [6, 6.07) is 14.9. The molecule has 2 amide bonds. The van der Waals surface area contributed by atoms with Gasteiger partial charge in [-0.25, -0.2) is 4.79 Å². The lowest BCUT2D eigenvalue weighted by molar-refractivity contribution is -0.126. The van der Waals surface area contributed by atoms with Gasteiger partial charge in [-0.1, -0.05) is 30.3 Å². The van der Waals surface area contributed by atoms with Crippen molar-refractivity contribution in [2.75, 3.05) is 18.5 Å². The highest BCUT2D eigenvalue weighted by Gasteiger charge is 2.14. The van der Waals surface area contributed by atoms with Crippen molar-refractivity contribution in [3.63, 3.8) is 0 Å². The number of benzene rings is 2. The van der Waals surface area contributed by atoms with Gasteiger partial charge in [0, 0.05) is 10.4 Å². The molecule has 0 spiro atoms. The minimum absolute atomic E-state index is 0.202. The number of ether oxygens (including phenoxy) is 1. The third kappa shape index (κ3) is 4.75. The molecule has 3 aromatic rings. The molecule has 0 fully saturated rings. The summed E-state index contributed by atoms with van der Waals surface area (Å²) < 4.78 is 6.01. The van der Waals surface area contributed by atoms with Crippen molar-refractivity contribution in [2.24, 2.45) is 0 Å². The van der Waals surface area contributed by atoms with Crippen LogP contribution in [-0.4, -0.2) is 30.9 Å². The van der Waals surface area contributed by atoms with Crippen molar-refractivity contribution in [2.45, 2.75) is 13.8 Å². The van der Waals surface area contributed by atoms with E-state index >= 15 is 0 Å². The molecule has 1 heterocycles. The first-order valence-corrected chi connectivity index (χ1v) is 9.54. The first kappa shape index (κ1) is 19.6. The number of fused-ring (bicyclic) bond motifs is 1. The second-order valence-electron chi connectivity index (χ2n) is 6.30. The van der Waals surface area contributed by atoms with Gasteiger partial charge in [-0.05, 0) is 48.6 Å². The number of rotatable bonds is 6. The van der Waals surface area contributed by atoms with E-state index in [9.17, 15) is 14.4 Å². The van der Waals surface area contributed by atoms with Gasteiger partial charge in [0.15, 0.2) is 6.61 Å². The predicted octanol–water partition coefficient (Wildman–Crippen LogP) is 3.43. The Morgan fingerprint density at radius 3 is 2.57 bits per heavy atom. The topological polar surface area (TPSA) is 84.5 Å². The van der Waals surface area contributed by atoms with Gasteiger partial charge in [-0.2, -0.15) is 0 Å². The Morgan fingerprint density at radius 1 is 1.00 bits per heavy atom. The van der Waals surface area contributed by atoms with Crippen molar-refractivity contribution in [3.05, 3.63) is 64.5 Å². The Kier molecular flexibility index (Phi) is 6.06. The Labute approximate surface area is 166 Å². The van der Waals surface area contributed by atoms with E-state index in [4.69, 9.17) is 4.74 Å². The maximum Gasteiger partial charge on any atom is 0.348 e. The summed E-state index contributed by atoms with van der Waals surface area (Å²) in [5.41, 5.74) is 2.74. The summed E-state index contributed by atoms with van der Waals surface area (Å²) in [5.74, 6) is -1.44. The zero-order valence-corrected chi connectivity index (χ0v) is 16.4. The van der Waals surface area contributed by atoms with Crippen LogP contribution in [0, 0.1) is 13.8 Å². The summed E-state index contributed by atoms with van der Waals surface area (Å²) >= 11 is 1.31. The molecule has 1 aromatic heterocycles. The van der Waals surface area contributed by atoms with E-state index in [0.29, 0.717) is 10.6 Å². The fraction of sp³-hybridized carbons (Fsp3) is 0.190. The van der Waals surface area contributed by atoms with Crippen LogP contribution in [0.5, 0.6) is 0 Å². The van der Waals surface area contributed by atoms with Gasteiger partial charge < -0.3 is 15.4 Å². The Hall–Kier alpha value is -3.19. The number of anilines is 1. The fourth-order valence-electron chi connectivity index (χ4n) is 2.60. The van der Waals surface area contributed by atoms with Crippen molar-refractivity contribution >= 4 is 44.9 Å². The molecule has 0 bridgehead atoms. The Morgan fingerprint density at radius 2 is 1.79 bits per heavy atom. The Bertz CT molecular complexity index is 1010. The van der Waals surface area contributed by atoms with Crippen molar-refractivity contribution in [1.82, 2.24) is 5.32 Å². The van der Waals surface area contributed by atoms with Gasteiger partial charge in [-0.3, -0.25) is 9.59 Å². The minimum atomic E-state index is -0.559. The number of esters is 1. The molecule has 3 rings (SSSR count). The van der Waals surface area contributed by atoms with Gasteiger partial charge in [-0.15, -0.1) is 11.3 Å². The average molecular weight is 396 g/mol. The second-order valence-corrected chi connectivity index (χ2v) is 7.38. The first-order valence-electron chi connectivity index (χ1n) is 8.72. The summed E-state index contributed by atoms with van der Waals surface area (Å²) in [7, 11) is 0. The quantitative estimate of drug-likeness (QED) is 0.625. The third-order valence-electron chi connectivity index (χ3n) is 4.29. The van der Waals surface area contributed by atoms with E-state index in [1.165, 1.54) is 11.3 Å². The van der Waals surface area contributed by atoms with Gasteiger partial charge >= 0.3 is 5.97 Å². The lowest BCUT2D eigenvalue weighted by atomic mass is 10.1. The molecule has 7 heteroatoms. The molecule has 0 aliphatic rings. The number of carbonyl (C=O) groups is 3. The van der Waals surface area contributed by atoms with E-state index in [2.05, 4.69) is 10.6 Å². The maximum absolute atomic E-state index is 12.1. The van der Waals surface area contributed by atoms with E-state index < -0.39 is 18.5 Å². The lowest BCUT2D eigenvalue weighted by Crippen LogP contribution is -2.35. The molecule has 0 radical (unpaired) electrons. The smallest absolute Gasteiger partial charge is 0.348 e. The number of thiophene rings is 1. The third-order valence-corrected chi connectivity index (χ3v) is 5.38. The normalized spacial score (nSPS) is 10.5. The molecule has 0 unspecified atom stereocenters. The molecule has 0 aliphatic heterocycles. The molecule has 0 atom stereocenters. The molecule has 6 nitrogen and oxygen atoms in total. The van der Waals surface area contributed by atoms with Crippen LogP contribution >= 0.6 is 11.3 Å². The molecule has 0 aliphatic carbocycles. The second kappa shape index (κ2) is 8.67. The summed E-state index contributed by atoms with van der Waals surface area (Å²) in [6.45, 7) is 3.23. The largest absolute Gasteiger partial charge is 0.451 e. The van der Waals surface area contributed by atoms with Gasteiger partial charge in [0.05, 0.1) is 6.54 Å². The van der Waals surface area contributed by atoms with Crippen LogP contribution in [0.4, 0.5) is 5.69 Å². The molecule has 28 heavy (non-hydrogen) atoms. The number of hydrogen-bond donors (Lipinski definition) is 2. The SMILES string of the molecule is Cc1cccc(NC(=O)CNC(=O)COC(=O)c2cc3ccccc3s2)c1C. The highest BCUT2D eigenvalue weighted by Crippen LogP contribution is 2.25. The lowest BCUT2D eigenvalue weighted by Gasteiger charge is -2.11. The van der Waals surface area contributed by atoms with E-state index in [0.717, 1.165) is 21.2 Å². The number of hydrogen-bond acceptors (Lipinski definition) is 5. The van der Waals surface area contributed by atoms with E-state index in [1.807, 2.05) is 50.2 Å².